The molecule has 0 N–H and O–H groups in total. The lowest BCUT2D eigenvalue weighted by Crippen LogP contribution is -2.48. The lowest BCUT2D eigenvalue weighted by atomic mass is 9.84. The molecule has 2 rings (SSSR count). The van der Waals surface area contributed by atoms with E-state index in [9.17, 15) is 34.8 Å². The monoisotopic (exact) mass is 374 g/mol. The molecule has 0 saturated heterocycles. The van der Waals surface area contributed by atoms with Crippen LogP contribution in [0.1, 0.15) is 43.6 Å². The van der Waals surface area contributed by atoms with Crippen molar-refractivity contribution >= 4 is 9.84 Å². The van der Waals surface area contributed by atoms with Gasteiger partial charge in [-0.3, -0.25) is 0 Å². The molecule has 1 unspecified atom stereocenters. The maximum absolute atomic E-state index is 13.8. The van der Waals surface area contributed by atoms with Crippen molar-refractivity contribution in [3.63, 3.8) is 0 Å². The van der Waals surface area contributed by atoms with Gasteiger partial charge in [-0.25, -0.2) is 12.8 Å². The van der Waals surface area contributed by atoms with Crippen LogP contribution < -0.4 is 0 Å². The van der Waals surface area contributed by atoms with Gasteiger partial charge in [-0.2, -0.15) is 22.0 Å². The van der Waals surface area contributed by atoms with Crippen LogP contribution in [0.25, 0.3) is 0 Å². The van der Waals surface area contributed by atoms with E-state index in [0.717, 1.165) is 25.3 Å². The fraction of sp³-hybridized carbons (Fsp3) is 0.600. The molecule has 136 valence electrons. The lowest BCUT2D eigenvalue weighted by Gasteiger charge is -2.27. The average molecular weight is 374 g/mol. The van der Waals surface area contributed by atoms with Gasteiger partial charge in [0.1, 0.15) is 0 Å². The number of benzene rings is 1. The molecule has 0 heterocycles. The van der Waals surface area contributed by atoms with E-state index in [1.54, 1.807) is 0 Å². The standard InChI is InChI=1S/C15H16F6O2S/c16-13(14(17,18)15(19,20)21)24(22,23)12-9-5-4-8-11(12)10-6-2-1-3-7-10/h4-5,8-10,13H,1-3,6-7H2. The third-order valence-corrected chi connectivity index (χ3v) is 6.03. The number of halogens is 6. The average Bonchev–Trinajstić information content (AvgIpc) is 2.54. The Kier molecular flexibility index (Phi) is 5.22. The Morgan fingerprint density at radius 3 is 2.04 bits per heavy atom. The number of hydrogen-bond acceptors (Lipinski definition) is 2. The van der Waals surface area contributed by atoms with Crippen molar-refractivity contribution in [2.45, 2.75) is 60.5 Å². The van der Waals surface area contributed by atoms with E-state index in [0.29, 0.717) is 12.8 Å². The summed E-state index contributed by atoms with van der Waals surface area (Å²) in [5.74, 6) is -6.28. The highest BCUT2D eigenvalue weighted by molar-refractivity contribution is 7.92. The molecule has 9 heteroatoms. The molecule has 0 aliphatic heterocycles. The molecular weight excluding hydrogens is 358 g/mol. The van der Waals surface area contributed by atoms with Crippen molar-refractivity contribution in [3.8, 4) is 0 Å². The molecule has 1 saturated carbocycles. The summed E-state index contributed by atoms with van der Waals surface area (Å²) in [5, 5.41) is 0. The first-order valence-corrected chi connectivity index (χ1v) is 8.95. The predicted octanol–water partition coefficient (Wildman–Crippen LogP) is 5.00. The molecule has 1 aliphatic carbocycles. The summed E-state index contributed by atoms with van der Waals surface area (Å²) in [5.41, 5.74) is -4.27. The van der Waals surface area contributed by atoms with Crippen molar-refractivity contribution in [2.24, 2.45) is 0 Å². The Labute approximate surface area is 135 Å². The van der Waals surface area contributed by atoms with E-state index in [1.165, 1.54) is 18.2 Å². The van der Waals surface area contributed by atoms with Gasteiger partial charge in [0.15, 0.2) is 0 Å². The molecule has 1 fully saturated rings. The summed E-state index contributed by atoms with van der Waals surface area (Å²) in [7, 11) is -5.50. The molecule has 1 atom stereocenters. The lowest BCUT2D eigenvalue weighted by molar-refractivity contribution is -0.292. The van der Waals surface area contributed by atoms with Crippen LogP contribution in [-0.2, 0) is 9.84 Å². The van der Waals surface area contributed by atoms with Gasteiger partial charge in [0.2, 0.25) is 9.84 Å². The maximum atomic E-state index is 13.8. The third-order valence-electron chi connectivity index (χ3n) is 4.21. The van der Waals surface area contributed by atoms with Gasteiger partial charge >= 0.3 is 12.1 Å². The second-order valence-electron chi connectivity index (χ2n) is 5.85. The topological polar surface area (TPSA) is 34.1 Å². The predicted molar refractivity (Wildman–Crippen MR) is 75.4 cm³/mol. The molecule has 0 aromatic heterocycles. The number of alkyl halides is 6. The van der Waals surface area contributed by atoms with Crippen LogP contribution in [0.15, 0.2) is 29.2 Å². The highest BCUT2D eigenvalue weighted by atomic mass is 32.2. The van der Waals surface area contributed by atoms with Gasteiger partial charge < -0.3 is 0 Å². The zero-order chi connectivity index (χ0) is 18.2. The van der Waals surface area contributed by atoms with E-state index >= 15 is 0 Å². The van der Waals surface area contributed by atoms with Crippen LogP contribution in [0.3, 0.4) is 0 Å². The first-order valence-electron chi connectivity index (χ1n) is 7.41. The first-order chi connectivity index (χ1) is 11.0. The van der Waals surface area contributed by atoms with E-state index in [4.69, 9.17) is 0 Å². The molecule has 1 aromatic rings. The molecule has 2 nitrogen and oxygen atoms in total. The Morgan fingerprint density at radius 2 is 1.50 bits per heavy atom. The highest BCUT2D eigenvalue weighted by Gasteiger charge is 2.67. The fourth-order valence-corrected chi connectivity index (χ4v) is 4.50. The van der Waals surface area contributed by atoms with Crippen molar-refractivity contribution in [2.75, 3.05) is 0 Å². The van der Waals surface area contributed by atoms with E-state index in [1.807, 2.05) is 0 Å². The zero-order valence-electron chi connectivity index (χ0n) is 12.5. The van der Waals surface area contributed by atoms with Gasteiger partial charge in [0.05, 0.1) is 4.90 Å². The summed E-state index contributed by atoms with van der Waals surface area (Å²) in [4.78, 5) is -0.784. The summed E-state index contributed by atoms with van der Waals surface area (Å²) in [6, 6.07) is 4.87. The van der Waals surface area contributed by atoms with Gasteiger partial charge in [0.25, 0.3) is 5.50 Å². The Bertz CT molecular complexity index is 677. The molecular formula is C15H16F6O2S. The SMILES string of the molecule is O=S(=O)(c1ccccc1C1CCCCC1)C(F)C(F)(F)C(F)(F)F. The highest BCUT2D eigenvalue weighted by Crippen LogP contribution is 2.44. The third kappa shape index (κ3) is 3.41. The molecule has 24 heavy (non-hydrogen) atoms. The molecule has 1 aliphatic rings. The molecule has 0 spiro atoms. The van der Waals surface area contributed by atoms with Crippen LogP contribution in [0.5, 0.6) is 0 Å². The van der Waals surface area contributed by atoms with Crippen LogP contribution >= 0.6 is 0 Å². The van der Waals surface area contributed by atoms with Crippen molar-refractivity contribution in [1.82, 2.24) is 0 Å². The minimum atomic E-state index is -6.29. The second kappa shape index (κ2) is 6.57. The summed E-state index contributed by atoms with van der Waals surface area (Å²) in [6.07, 6.45) is -2.62. The fourth-order valence-electron chi connectivity index (χ4n) is 2.93. The van der Waals surface area contributed by atoms with Crippen molar-refractivity contribution in [1.29, 1.82) is 0 Å². The summed E-state index contributed by atoms with van der Waals surface area (Å²) < 4.78 is 101. The number of hydrogen-bond donors (Lipinski definition) is 0. The number of sulfone groups is 1. The maximum Gasteiger partial charge on any atom is 0.457 e. The van der Waals surface area contributed by atoms with E-state index in [2.05, 4.69) is 0 Å². The quantitative estimate of drug-likeness (QED) is 0.695. The minimum Gasteiger partial charge on any atom is -0.222 e. The molecule has 0 amide bonds. The Hall–Kier alpha value is -1.25. The summed E-state index contributed by atoms with van der Waals surface area (Å²) >= 11 is 0. The van der Waals surface area contributed by atoms with Crippen LogP contribution in [0.2, 0.25) is 0 Å². The first kappa shape index (κ1) is 19.1. The Morgan fingerprint density at radius 1 is 0.958 bits per heavy atom. The normalized spacial score (nSPS) is 19.2. The Balaban J connectivity index is 2.47. The largest absolute Gasteiger partial charge is 0.457 e. The van der Waals surface area contributed by atoms with Gasteiger partial charge in [0, 0.05) is 0 Å². The van der Waals surface area contributed by atoms with Crippen molar-refractivity contribution < 1.29 is 34.8 Å². The van der Waals surface area contributed by atoms with Gasteiger partial charge in [-0.15, -0.1) is 0 Å². The zero-order valence-corrected chi connectivity index (χ0v) is 13.3. The molecule has 0 radical (unpaired) electrons. The van der Waals surface area contributed by atoms with Crippen molar-refractivity contribution in [3.05, 3.63) is 29.8 Å². The van der Waals surface area contributed by atoms with Gasteiger partial charge in [-0.05, 0) is 30.4 Å². The smallest absolute Gasteiger partial charge is 0.222 e. The minimum absolute atomic E-state index is 0.109. The molecule has 0 bridgehead atoms. The van der Waals surface area contributed by atoms with E-state index < -0.39 is 32.3 Å². The molecule has 1 aromatic carbocycles. The number of rotatable bonds is 4. The van der Waals surface area contributed by atoms with Crippen LogP contribution in [-0.4, -0.2) is 26.0 Å². The van der Waals surface area contributed by atoms with Crippen LogP contribution in [0, 0.1) is 0 Å². The van der Waals surface area contributed by atoms with Crippen LogP contribution in [0.4, 0.5) is 26.3 Å². The second-order valence-corrected chi connectivity index (χ2v) is 7.80. The van der Waals surface area contributed by atoms with E-state index in [-0.39, 0.29) is 11.5 Å². The van der Waals surface area contributed by atoms with Gasteiger partial charge in [-0.1, -0.05) is 37.5 Å². The summed E-state index contributed by atoms with van der Waals surface area (Å²) in [6.45, 7) is 0.